The predicted octanol–water partition coefficient (Wildman–Crippen LogP) is 1.86. The molecule has 0 bridgehead atoms. The Morgan fingerprint density at radius 3 is 1.43 bits per heavy atom. The number of hydrogen-bond acceptors (Lipinski definition) is 2. The molecule has 0 rings (SSSR count). The third kappa shape index (κ3) is 6.20. The first-order chi connectivity index (χ1) is 3.13. The van der Waals surface area contributed by atoms with E-state index in [1.807, 2.05) is 0 Å². The van der Waals surface area contributed by atoms with Gasteiger partial charge in [0.25, 0.3) is 0 Å². The lowest BCUT2D eigenvalue weighted by Crippen LogP contribution is -1.61. The van der Waals surface area contributed by atoms with E-state index < -0.39 is 15.6 Å². The Bertz CT molecular complexity index is 87.1. The quantitative estimate of drug-likeness (QED) is 0.545. The maximum Gasteiger partial charge on any atom is 0.386 e. The zero-order valence-electron chi connectivity index (χ0n) is 4.42. The van der Waals surface area contributed by atoms with Gasteiger partial charge in [0.05, 0.1) is 0 Å². The van der Waals surface area contributed by atoms with Crippen LogP contribution in [0.5, 0.6) is 0 Å². The summed E-state index contributed by atoms with van der Waals surface area (Å²) in [6.45, 7) is 3.18. The molecule has 0 aliphatic rings. The molecule has 7 heavy (non-hydrogen) atoms. The van der Waals surface area contributed by atoms with Crippen LogP contribution in [0, 0.1) is 0 Å². The lowest BCUT2D eigenvalue weighted by Gasteiger charge is -1.58. The van der Waals surface area contributed by atoms with Gasteiger partial charge in [-0.05, 0) is 0 Å². The molecular weight excluding hydrogens is 130 g/mol. The molecule has 4 heteroatoms. The maximum absolute atomic E-state index is 10.2. The molecule has 2 atom stereocenters. The van der Waals surface area contributed by atoms with Crippen molar-refractivity contribution in [1.29, 1.82) is 0 Å². The van der Waals surface area contributed by atoms with Gasteiger partial charge in [-0.2, -0.15) is 0 Å². The molecule has 0 aromatic heterocycles. The maximum atomic E-state index is 10.2. The van der Waals surface area contributed by atoms with Crippen molar-refractivity contribution in [2.75, 3.05) is 19.2 Å². The highest BCUT2D eigenvalue weighted by molar-refractivity contribution is 7.61. The van der Waals surface area contributed by atoms with Crippen molar-refractivity contribution in [2.24, 2.45) is 0 Å². The highest BCUT2D eigenvalue weighted by atomic mass is 31.2. The van der Waals surface area contributed by atoms with E-state index in [2.05, 4.69) is 0 Å². The van der Waals surface area contributed by atoms with Gasteiger partial charge in [0.15, 0.2) is 0 Å². The third-order valence-electron chi connectivity index (χ3n) is 0.398. The summed E-state index contributed by atoms with van der Waals surface area (Å²) in [6.07, 6.45) is 0. The Kier molecular flexibility index (Phi) is 3.33. The van der Waals surface area contributed by atoms with Crippen molar-refractivity contribution < 1.29 is 9.13 Å². The molecule has 0 aromatic rings. The summed E-state index contributed by atoms with van der Waals surface area (Å²) >= 11 is 0. The number of rotatable bonds is 2. The molecule has 0 fully saturated rings. The van der Waals surface area contributed by atoms with Crippen LogP contribution in [0.25, 0.3) is 0 Å². The molecule has 0 amide bonds. The standard InChI is InChI=1S/C3H8O2P2/c1-6(4)3-7(2)5/h3H2,1-2H3/q+2. The lowest BCUT2D eigenvalue weighted by atomic mass is 11.9. The molecule has 0 aromatic carbocycles. The van der Waals surface area contributed by atoms with Crippen LogP contribution in [-0.2, 0) is 9.13 Å². The summed E-state index contributed by atoms with van der Waals surface area (Å²) in [4.78, 5) is 0. The van der Waals surface area contributed by atoms with Crippen LogP contribution >= 0.6 is 15.6 Å². The molecule has 0 saturated carbocycles. The average Bonchev–Trinajstić information content (AvgIpc) is 1.27. The van der Waals surface area contributed by atoms with E-state index in [1.165, 1.54) is 0 Å². The highest BCUT2D eigenvalue weighted by Gasteiger charge is 2.18. The molecule has 0 N–H and O–H groups in total. The molecule has 40 valence electrons. The fourth-order valence-electron chi connectivity index (χ4n) is 0.280. The second kappa shape index (κ2) is 3.23. The van der Waals surface area contributed by atoms with Crippen molar-refractivity contribution in [3.05, 3.63) is 0 Å². The van der Waals surface area contributed by atoms with Gasteiger partial charge < -0.3 is 0 Å². The molecular formula is C3H8O2P2+2. The van der Waals surface area contributed by atoms with Crippen LogP contribution in [-0.4, -0.2) is 19.2 Å². The zero-order chi connectivity index (χ0) is 5.86. The van der Waals surface area contributed by atoms with Gasteiger partial charge in [-0.25, -0.2) is 0 Å². The van der Waals surface area contributed by atoms with Crippen molar-refractivity contribution in [1.82, 2.24) is 0 Å². The van der Waals surface area contributed by atoms with Gasteiger partial charge >= 0.3 is 21.5 Å². The van der Waals surface area contributed by atoms with Crippen LogP contribution in [0.2, 0.25) is 0 Å². The van der Waals surface area contributed by atoms with E-state index in [4.69, 9.17) is 0 Å². The predicted molar refractivity (Wildman–Crippen MR) is 31.9 cm³/mol. The molecule has 2 unspecified atom stereocenters. The fourth-order valence-corrected chi connectivity index (χ4v) is 2.52. The Balaban J connectivity index is 3.32. The first kappa shape index (κ1) is 7.20. The van der Waals surface area contributed by atoms with E-state index >= 15 is 0 Å². The average molecular weight is 138 g/mol. The molecule has 0 aliphatic heterocycles. The first-order valence-corrected chi connectivity index (χ1v) is 5.68. The summed E-state index contributed by atoms with van der Waals surface area (Å²) < 4.78 is 20.4. The van der Waals surface area contributed by atoms with Gasteiger partial charge in [-0.3, -0.25) is 0 Å². The third-order valence-corrected chi connectivity index (χ3v) is 3.58. The Hall–Kier alpha value is 0.200. The minimum atomic E-state index is -1.17. The van der Waals surface area contributed by atoms with E-state index in [0.717, 1.165) is 0 Å². The molecule has 2 nitrogen and oxygen atoms in total. The minimum absolute atomic E-state index is 0.380. The molecule has 0 spiro atoms. The lowest BCUT2D eigenvalue weighted by molar-refractivity contribution is 0.587. The van der Waals surface area contributed by atoms with Gasteiger partial charge in [0.1, 0.15) is 13.3 Å². The summed E-state index contributed by atoms with van der Waals surface area (Å²) in [5.41, 5.74) is 0. The summed E-state index contributed by atoms with van der Waals surface area (Å²) in [5.74, 6) is 0.380. The zero-order valence-corrected chi connectivity index (χ0v) is 6.21. The summed E-state index contributed by atoms with van der Waals surface area (Å²) in [6, 6.07) is 0. The van der Waals surface area contributed by atoms with Crippen molar-refractivity contribution >= 4 is 15.6 Å². The largest absolute Gasteiger partial charge is 0.386 e. The summed E-state index contributed by atoms with van der Waals surface area (Å²) in [5, 5.41) is 0. The normalized spacial score (nSPS) is 13.4. The van der Waals surface area contributed by atoms with Gasteiger partial charge in [-0.1, -0.05) is 9.13 Å². The topological polar surface area (TPSA) is 34.1 Å². The highest BCUT2D eigenvalue weighted by Crippen LogP contribution is 2.28. The Labute approximate surface area is 44.9 Å². The molecule has 0 saturated heterocycles. The van der Waals surface area contributed by atoms with E-state index in [-0.39, 0.29) is 0 Å². The Morgan fingerprint density at radius 1 is 1.14 bits per heavy atom. The van der Waals surface area contributed by atoms with E-state index in [9.17, 15) is 9.13 Å². The van der Waals surface area contributed by atoms with Crippen LogP contribution in [0.3, 0.4) is 0 Å². The minimum Gasteiger partial charge on any atom is -0.0702 e. The first-order valence-electron chi connectivity index (χ1n) is 1.89. The van der Waals surface area contributed by atoms with Crippen LogP contribution in [0.4, 0.5) is 0 Å². The molecule has 0 aliphatic carbocycles. The summed E-state index contributed by atoms with van der Waals surface area (Å²) in [7, 11) is -2.35. The SMILES string of the molecule is C[P+](=O)C[P+](C)=O. The molecule has 0 radical (unpaired) electrons. The monoisotopic (exact) mass is 138 g/mol. The van der Waals surface area contributed by atoms with Gasteiger partial charge in [0, 0.05) is 0 Å². The van der Waals surface area contributed by atoms with Crippen LogP contribution < -0.4 is 0 Å². The second-order valence-corrected chi connectivity index (χ2v) is 5.04. The van der Waals surface area contributed by atoms with Crippen molar-refractivity contribution in [2.45, 2.75) is 0 Å². The molecule has 0 heterocycles. The second-order valence-electron chi connectivity index (χ2n) is 1.40. The van der Waals surface area contributed by atoms with E-state index in [1.54, 1.807) is 13.3 Å². The van der Waals surface area contributed by atoms with Gasteiger partial charge in [-0.15, -0.1) is 0 Å². The fraction of sp³-hybridized carbons (Fsp3) is 1.00. The smallest absolute Gasteiger partial charge is 0.0702 e. The number of hydrogen-bond donors (Lipinski definition) is 0. The van der Waals surface area contributed by atoms with Crippen molar-refractivity contribution in [3.63, 3.8) is 0 Å². The van der Waals surface area contributed by atoms with Crippen LogP contribution in [0.15, 0.2) is 0 Å². The van der Waals surface area contributed by atoms with E-state index in [0.29, 0.717) is 5.90 Å². The van der Waals surface area contributed by atoms with Crippen LogP contribution in [0.1, 0.15) is 0 Å². The van der Waals surface area contributed by atoms with Crippen molar-refractivity contribution in [3.8, 4) is 0 Å². The van der Waals surface area contributed by atoms with Gasteiger partial charge in [0.2, 0.25) is 0 Å². The Morgan fingerprint density at radius 2 is 1.43 bits per heavy atom.